The van der Waals surface area contributed by atoms with Gasteiger partial charge in [-0.3, -0.25) is 0 Å². The van der Waals surface area contributed by atoms with Gasteiger partial charge in [-0.2, -0.15) is 0 Å². The minimum atomic E-state index is 0. The average Bonchev–Trinajstić information content (AvgIpc) is 1.00. The van der Waals surface area contributed by atoms with Crippen LogP contribution in [-0.2, 0) is 16.5 Å². The van der Waals surface area contributed by atoms with Crippen molar-refractivity contribution >= 4 is 0 Å². The molecule has 0 N–H and O–H groups in total. The Kier molecular flexibility index (Phi) is 395000. The van der Waals surface area contributed by atoms with E-state index in [-0.39, 0.29) is 23.9 Å². The molecule has 0 saturated carbocycles. The van der Waals surface area contributed by atoms with E-state index in [2.05, 4.69) is 0 Å². The van der Waals surface area contributed by atoms with Gasteiger partial charge in [-0.1, -0.05) is 0 Å². The van der Waals surface area contributed by atoms with E-state index in [1.807, 2.05) is 0 Å². The van der Waals surface area contributed by atoms with Crippen LogP contribution < -0.4 is 0 Å². The fourth-order valence-corrected chi connectivity index (χ4v) is 0. The fourth-order valence-electron chi connectivity index (χ4n) is 0. The monoisotopic (exact) mass is 99.0 g/mol. The van der Waals surface area contributed by atoms with E-state index in [1.54, 1.807) is 0 Å². The zero-order valence-electron chi connectivity index (χ0n) is 2.26. The van der Waals surface area contributed by atoms with Crippen molar-refractivity contribution in [3.05, 3.63) is 14.0 Å². The van der Waals surface area contributed by atoms with Gasteiger partial charge in [-0.05, 0) is 0 Å². The smallest absolute Gasteiger partial charge is 0.512 e. The van der Waals surface area contributed by atoms with Crippen LogP contribution in [-0.4, -0.2) is 0 Å². The van der Waals surface area contributed by atoms with Crippen molar-refractivity contribution in [2.75, 3.05) is 0 Å². The molecular weight excluding hydrogens is 96.7 g/mol. The van der Waals surface area contributed by atoms with Gasteiger partial charge in [0.25, 0.3) is 0 Å². The van der Waals surface area contributed by atoms with Gasteiger partial charge < -0.3 is 19.3 Å². The molecule has 0 saturated heterocycles. The van der Waals surface area contributed by atoms with E-state index in [0.717, 1.165) is 0 Å². The summed E-state index contributed by atoms with van der Waals surface area (Å²) < 4.78 is 0. The van der Waals surface area contributed by atoms with E-state index >= 15 is 0 Å². The molecule has 4 heavy (non-hydrogen) atoms. The van der Waals surface area contributed by atoms with Crippen LogP contribution in [0.15, 0.2) is 0 Å². The quantitative estimate of drug-likeness (QED) is 0.322. The van der Waals surface area contributed by atoms with Gasteiger partial charge in [-0.15, -0.1) is 0 Å². The molecule has 0 aromatic carbocycles. The second kappa shape index (κ2) is 43100. The summed E-state index contributed by atoms with van der Waals surface area (Å²) in [7, 11) is 0. The standard InChI is InChI=1S/CN.CH3.Ni/c1-2;;/h;1H3;/q2*-1;+2. The summed E-state index contributed by atoms with van der Waals surface area (Å²) in [6.07, 6.45) is 0. The van der Waals surface area contributed by atoms with Crippen LogP contribution in [0, 0.1) is 19.3 Å². The zero-order chi connectivity index (χ0) is 2.00. The molecule has 1 nitrogen and oxygen atoms in total. The maximum atomic E-state index is 6.25. The molecule has 2 heteroatoms. The summed E-state index contributed by atoms with van der Waals surface area (Å²) in [4.78, 5) is 0. The molecule has 0 aromatic rings. The molecule has 0 radical (unpaired) electrons. The topological polar surface area (TPSA) is 23.8 Å². The van der Waals surface area contributed by atoms with Crippen LogP contribution in [0.2, 0.25) is 0 Å². The molecule has 0 aliphatic carbocycles. The van der Waals surface area contributed by atoms with Gasteiger partial charge >= 0.3 is 16.5 Å². The Bertz CT molecular complexity index is 10.8. The van der Waals surface area contributed by atoms with Crippen LogP contribution >= 0.6 is 0 Å². The largest absolute Gasteiger partial charge is 2.00 e. The van der Waals surface area contributed by atoms with Crippen molar-refractivity contribution < 1.29 is 16.5 Å². The first-order chi connectivity index (χ1) is 1.00. The van der Waals surface area contributed by atoms with Crippen LogP contribution in [0.4, 0.5) is 0 Å². The fraction of sp³-hybridized carbons (Fsp3) is 0. The molecule has 0 aliphatic rings. The molecule has 26 valence electrons. The molecule has 0 atom stereocenters. The zero-order valence-corrected chi connectivity index (χ0v) is 3.25. The molecule has 0 rings (SSSR count). The van der Waals surface area contributed by atoms with Gasteiger partial charge in [0.05, 0.1) is 0 Å². The third-order valence-corrected chi connectivity index (χ3v) is 0. The molecule has 0 bridgehead atoms. The van der Waals surface area contributed by atoms with E-state index in [0.29, 0.717) is 0 Å². The maximum Gasteiger partial charge on any atom is 2.00 e. The van der Waals surface area contributed by atoms with Crippen molar-refractivity contribution in [2.24, 2.45) is 0 Å². The van der Waals surface area contributed by atoms with Gasteiger partial charge in [-0.25, -0.2) is 0 Å². The predicted octanol–water partition coefficient (Wildman–Crippen LogP) is 0.544. The van der Waals surface area contributed by atoms with Crippen LogP contribution in [0.25, 0.3) is 0 Å². The second-order valence-corrected chi connectivity index (χ2v) is 0. The van der Waals surface area contributed by atoms with Crippen molar-refractivity contribution in [2.45, 2.75) is 0 Å². The molecule has 0 amide bonds. The average molecular weight is 99.7 g/mol. The first-order valence-corrected chi connectivity index (χ1v) is 0.224. The summed E-state index contributed by atoms with van der Waals surface area (Å²) in [5.41, 5.74) is 0. The van der Waals surface area contributed by atoms with Gasteiger partial charge in [0.1, 0.15) is 0 Å². The van der Waals surface area contributed by atoms with E-state index in [9.17, 15) is 0 Å². The molecule has 0 fully saturated rings. The van der Waals surface area contributed by atoms with Crippen molar-refractivity contribution in [1.29, 1.82) is 5.26 Å². The Morgan fingerprint density at radius 1 is 1.25 bits per heavy atom. The summed E-state index contributed by atoms with van der Waals surface area (Å²) >= 11 is 0. The van der Waals surface area contributed by atoms with Crippen molar-refractivity contribution in [1.82, 2.24) is 0 Å². The van der Waals surface area contributed by atoms with Crippen molar-refractivity contribution in [3.8, 4) is 0 Å². The SMILES string of the molecule is [C-]#N.[CH3-].[Ni+2]. The van der Waals surface area contributed by atoms with Crippen LogP contribution in [0.1, 0.15) is 0 Å². The van der Waals surface area contributed by atoms with Gasteiger partial charge in [0, 0.05) is 0 Å². The number of hydrogen-bond donors (Lipinski definition) is 0. The molecular formula is C2H3NNi. The molecule has 0 unspecified atom stereocenters. The van der Waals surface area contributed by atoms with E-state index in [1.165, 1.54) is 0 Å². The Balaban J connectivity index is -0.00000000500. The first kappa shape index (κ1) is 36.7. The van der Waals surface area contributed by atoms with Crippen LogP contribution in [0.5, 0.6) is 0 Å². The Morgan fingerprint density at radius 2 is 1.25 bits per heavy atom. The number of rotatable bonds is 0. The maximum absolute atomic E-state index is 6.25. The molecule has 0 aliphatic heterocycles. The predicted molar refractivity (Wildman–Crippen MR) is 11.4 cm³/mol. The number of nitrogens with zero attached hydrogens (tertiary/aromatic N) is 1. The molecule has 0 heterocycles. The minimum Gasteiger partial charge on any atom is -0.512 e. The third-order valence-electron chi connectivity index (χ3n) is 0. The van der Waals surface area contributed by atoms with Gasteiger partial charge in [0.2, 0.25) is 0 Å². The van der Waals surface area contributed by atoms with E-state index < -0.39 is 0 Å². The summed E-state index contributed by atoms with van der Waals surface area (Å²) in [5, 5.41) is 6.25. The Labute approximate surface area is 36.5 Å². The summed E-state index contributed by atoms with van der Waals surface area (Å²) in [6.45, 7) is 4.75. The Hall–Kier alpha value is -0.0165. The third kappa shape index (κ3) is 7050. The Morgan fingerprint density at radius 3 is 1.25 bits per heavy atom. The summed E-state index contributed by atoms with van der Waals surface area (Å²) in [6, 6.07) is 0. The van der Waals surface area contributed by atoms with Crippen molar-refractivity contribution in [3.63, 3.8) is 0 Å². The summed E-state index contributed by atoms with van der Waals surface area (Å²) in [5.74, 6) is 0. The second-order valence-electron chi connectivity index (χ2n) is 0. The molecule has 0 aromatic heterocycles. The molecule has 0 spiro atoms. The van der Waals surface area contributed by atoms with Crippen LogP contribution in [0.3, 0.4) is 0 Å². The first-order valence-electron chi connectivity index (χ1n) is 0.224. The normalized spacial score (nSPS) is 0.500. The number of hydrogen-bond acceptors (Lipinski definition) is 1. The van der Waals surface area contributed by atoms with E-state index in [4.69, 9.17) is 11.8 Å². The van der Waals surface area contributed by atoms with Gasteiger partial charge in [0.15, 0.2) is 0 Å². The minimum absolute atomic E-state index is 0.